The van der Waals surface area contributed by atoms with Gasteiger partial charge in [-0.1, -0.05) is 13.8 Å². The number of aliphatic hydroxyl groups is 1. The summed E-state index contributed by atoms with van der Waals surface area (Å²) in [6.07, 6.45) is 0. The van der Waals surface area contributed by atoms with E-state index in [1.807, 2.05) is 6.07 Å². The molecule has 5 heteroatoms. The minimum atomic E-state index is -0.280. The highest BCUT2D eigenvalue weighted by atomic mass is 16.4. The quantitative estimate of drug-likeness (QED) is 0.844. The molecule has 0 radical (unpaired) electrons. The van der Waals surface area contributed by atoms with Gasteiger partial charge in [-0.15, -0.1) is 0 Å². The standard InChI is InChI=1S/C20H28N2O3/c1-14(2)17-12-18-16(11-20(24)25-19(18)10-15(17)3)13-22-6-4-21(5-7-22)8-9-23/h10-12,14,23H,4-9,13H2,1-3H3. The molecule has 0 aliphatic carbocycles. The molecule has 1 N–H and O–H groups in total. The first-order valence-corrected chi connectivity index (χ1v) is 9.10. The zero-order valence-corrected chi connectivity index (χ0v) is 15.4. The average Bonchev–Trinajstić information content (AvgIpc) is 2.56. The summed E-state index contributed by atoms with van der Waals surface area (Å²) in [6, 6.07) is 5.83. The Morgan fingerprint density at radius 3 is 2.44 bits per heavy atom. The van der Waals surface area contributed by atoms with Gasteiger partial charge in [-0.2, -0.15) is 0 Å². The van der Waals surface area contributed by atoms with Gasteiger partial charge in [0.25, 0.3) is 0 Å². The van der Waals surface area contributed by atoms with Crippen molar-refractivity contribution in [2.75, 3.05) is 39.3 Å². The SMILES string of the molecule is Cc1cc2oc(=O)cc(CN3CCN(CCO)CC3)c2cc1C(C)C. The van der Waals surface area contributed by atoms with Crippen molar-refractivity contribution in [3.8, 4) is 0 Å². The Bertz CT molecular complexity index is 789. The Morgan fingerprint density at radius 1 is 1.12 bits per heavy atom. The molecule has 5 nitrogen and oxygen atoms in total. The maximum absolute atomic E-state index is 12.0. The highest BCUT2D eigenvalue weighted by Gasteiger charge is 2.18. The van der Waals surface area contributed by atoms with Gasteiger partial charge >= 0.3 is 5.63 Å². The number of piperazine rings is 1. The van der Waals surface area contributed by atoms with E-state index in [0.29, 0.717) is 11.5 Å². The van der Waals surface area contributed by atoms with Crippen LogP contribution in [0.2, 0.25) is 0 Å². The minimum Gasteiger partial charge on any atom is -0.423 e. The number of aliphatic hydroxyl groups excluding tert-OH is 1. The van der Waals surface area contributed by atoms with E-state index in [1.165, 1.54) is 11.1 Å². The second kappa shape index (κ2) is 7.68. The third kappa shape index (κ3) is 4.11. The topological polar surface area (TPSA) is 56.9 Å². The van der Waals surface area contributed by atoms with Gasteiger partial charge in [-0.3, -0.25) is 9.80 Å². The van der Waals surface area contributed by atoms with Crippen molar-refractivity contribution in [3.05, 3.63) is 45.3 Å². The first-order chi connectivity index (χ1) is 12.0. The molecule has 0 bridgehead atoms. The summed E-state index contributed by atoms with van der Waals surface area (Å²) in [4.78, 5) is 16.6. The molecule has 0 saturated carbocycles. The third-order valence-corrected chi connectivity index (χ3v) is 5.11. The van der Waals surface area contributed by atoms with Crippen LogP contribution in [0.5, 0.6) is 0 Å². The fraction of sp³-hybridized carbons (Fsp3) is 0.550. The molecule has 3 rings (SSSR count). The molecule has 25 heavy (non-hydrogen) atoms. The van der Waals surface area contributed by atoms with E-state index in [2.05, 4.69) is 36.6 Å². The Balaban J connectivity index is 1.88. The predicted octanol–water partition coefficient (Wildman–Crippen LogP) is 2.33. The molecule has 2 heterocycles. The Morgan fingerprint density at radius 2 is 1.80 bits per heavy atom. The summed E-state index contributed by atoms with van der Waals surface area (Å²) in [5, 5.41) is 10.1. The van der Waals surface area contributed by atoms with Gasteiger partial charge in [0.05, 0.1) is 6.61 Å². The van der Waals surface area contributed by atoms with E-state index >= 15 is 0 Å². The van der Waals surface area contributed by atoms with E-state index in [1.54, 1.807) is 6.07 Å². The predicted molar refractivity (Wildman–Crippen MR) is 100 cm³/mol. The van der Waals surface area contributed by atoms with Gasteiger partial charge in [-0.25, -0.2) is 4.79 Å². The van der Waals surface area contributed by atoms with Gasteiger partial charge < -0.3 is 9.52 Å². The largest absolute Gasteiger partial charge is 0.423 e. The summed E-state index contributed by atoms with van der Waals surface area (Å²) in [5.41, 5.74) is 3.92. The smallest absolute Gasteiger partial charge is 0.336 e. The van der Waals surface area contributed by atoms with Crippen molar-refractivity contribution in [1.82, 2.24) is 9.80 Å². The Kier molecular flexibility index (Phi) is 5.57. The van der Waals surface area contributed by atoms with Gasteiger partial charge in [0.15, 0.2) is 0 Å². The van der Waals surface area contributed by atoms with Crippen molar-refractivity contribution in [3.63, 3.8) is 0 Å². The summed E-state index contributed by atoms with van der Waals surface area (Å²) in [5.74, 6) is 0.436. The van der Waals surface area contributed by atoms with E-state index in [4.69, 9.17) is 9.52 Å². The van der Waals surface area contributed by atoms with Crippen molar-refractivity contribution in [2.45, 2.75) is 33.2 Å². The number of rotatable bonds is 5. The maximum atomic E-state index is 12.0. The molecule has 1 fully saturated rings. The lowest BCUT2D eigenvalue weighted by Crippen LogP contribution is -2.46. The van der Waals surface area contributed by atoms with Crippen LogP contribution in [0, 0.1) is 6.92 Å². The zero-order valence-electron chi connectivity index (χ0n) is 15.4. The van der Waals surface area contributed by atoms with Crippen LogP contribution >= 0.6 is 0 Å². The molecule has 1 aromatic carbocycles. The molecule has 2 aromatic rings. The van der Waals surface area contributed by atoms with Crippen molar-refractivity contribution >= 4 is 11.0 Å². The van der Waals surface area contributed by atoms with Crippen LogP contribution in [0.1, 0.15) is 36.5 Å². The first kappa shape index (κ1) is 18.1. The highest BCUT2D eigenvalue weighted by Crippen LogP contribution is 2.27. The lowest BCUT2D eigenvalue weighted by molar-refractivity contribution is 0.108. The van der Waals surface area contributed by atoms with E-state index < -0.39 is 0 Å². The lowest BCUT2D eigenvalue weighted by Gasteiger charge is -2.34. The molecule has 1 saturated heterocycles. The molecule has 1 aromatic heterocycles. The van der Waals surface area contributed by atoms with Crippen LogP contribution in [0.15, 0.2) is 27.4 Å². The number of hydrogen-bond acceptors (Lipinski definition) is 5. The molecule has 1 aliphatic rings. The second-order valence-corrected chi connectivity index (χ2v) is 7.29. The van der Waals surface area contributed by atoms with Gasteiger partial charge in [0.1, 0.15) is 5.58 Å². The summed E-state index contributed by atoms with van der Waals surface area (Å²) in [6.45, 7) is 12.0. The van der Waals surface area contributed by atoms with Crippen LogP contribution in [-0.2, 0) is 6.54 Å². The molecule has 1 aliphatic heterocycles. The van der Waals surface area contributed by atoms with Crippen LogP contribution < -0.4 is 5.63 Å². The van der Waals surface area contributed by atoms with E-state index in [0.717, 1.165) is 50.2 Å². The van der Waals surface area contributed by atoms with Crippen LogP contribution in [-0.4, -0.2) is 54.2 Å². The third-order valence-electron chi connectivity index (χ3n) is 5.11. The number of aryl methyl sites for hydroxylation is 1. The lowest BCUT2D eigenvalue weighted by atomic mass is 9.95. The monoisotopic (exact) mass is 344 g/mol. The van der Waals surface area contributed by atoms with Crippen LogP contribution in [0.4, 0.5) is 0 Å². The zero-order chi connectivity index (χ0) is 18.0. The number of nitrogens with zero attached hydrogens (tertiary/aromatic N) is 2. The van der Waals surface area contributed by atoms with Gasteiger partial charge in [-0.05, 0) is 41.7 Å². The second-order valence-electron chi connectivity index (χ2n) is 7.29. The fourth-order valence-electron chi connectivity index (χ4n) is 3.70. The van der Waals surface area contributed by atoms with Crippen LogP contribution in [0.3, 0.4) is 0 Å². The average molecular weight is 344 g/mol. The van der Waals surface area contributed by atoms with E-state index in [-0.39, 0.29) is 12.2 Å². The number of benzene rings is 1. The Hall–Kier alpha value is -1.69. The fourth-order valence-corrected chi connectivity index (χ4v) is 3.70. The normalized spacial score (nSPS) is 16.8. The van der Waals surface area contributed by atoms with E-state index in [9.17, 15) is 4.79 Å². The number of β-amino-alcohol motifs (C(OH)–C–C–N with tert-alkyl or cyclic N) is 1. The van der Waals surface area contributed by atoms with Crippen LogP contribution in [0.25, 0.3) is 11.0 Å². The summed E-state index contributed by atoms with van der Waals surface area (Å²) in [7, 11) is 0. The molecule has 0 amide bonds. The van der Waals surface area contributed by atoms with Crippen molar-refractivity contribution in [1.29, 1.82) is 0 Å². The molecular formula is C20H28N2O3. The Labute approximate surface area is 148 Å². The summed E-state index contributed by atoms with van der Waals surface area (Å²) < 4.78 is 5.45. The molecular weight excluding hydrogens is 316 g/mol. The van der Waals surface area contributed by atoms with Crippen molar-refractivity contribution < 1.29 is 9.52 Å². The number of hydrogen-bond donors (Lipinski definition) is 1. The number of fused-ring (bicyclic) bond motifs is 1. The van der Waals surface area contributed by atoms with Gasteiger partial charge in [0.2, 0.25) is 0 Å². The van der Waals surface area contributed by atoms with Crippen molar-refractivity contribution in [2.24, 2.45) is 0 Å². The molecule has 0 spiro atoms. The highest BCUT2D eigenvalue weighted by molar-refractivity contribution is 5.82. The maximum Gasteiger partial charge on any atom is 0.336 e. The molecule has 0 atom stereocenters. The minimum absolute atomic E-state index is 0.210. The molecule has 136 valence electrons. The summed E-state index contributed by atoms with van der Waals surface area (Å²) >= 11 is 0. The first-order valence-electron chi connectivity index (χ1n) is 9.10. The van der Waals surface area contributed by atoms with Gasteiger partial charge in [0, 0.05) is 50.7 Å². The molecule has 0 unspecified atom stereocenters.